The lowest BCUT2D eigenvalue weighted by atomic mass is 10.1. The van der Waals surface area contributed by atoms with E-state index in [0.29, 0.717) is 26.5 Å². The van der Waals surface area contributed by atoms with Crippen LogP contribution in [0, 0.1) is 19.3 Å². The fraction of sp³-hybridized carbons (Fsp3) is 0.286. The summed E-state index contributed by atoms with van der Waals surface area (Å²) in [5, 5.41) is 0.436. The quantitative estimate of drug-likeness (QED) is 0.498. The third-order valence-corrected chi connectivity index (χ3v) is 5.41. The van der Waals surface area contributed by atoms with Gasteiger partial charge in [0.1, 0.15) is 22.1 Å². The van der Waals surface area contributed by atoms with Gasteiger partial charge in [0.05, 0.1) is 11.9 Å². The van der Waals surface area contributed by atoms with Gasteiger partial charge >= 0.3 is 5.97 Å². The van der Waals surface area contributed by atoms with Gasteiger partial charge in [-0.05, 0) is 18.1 Å². The molecule has 0 aliphatic rings. The van der Waals surface area contributed by atoms with Crippen LogP contribution in [0.1, 0.15) is 46.4 Å². The molecular formula is C21H20N2O3S. The molecule has 0 spiro atoms. The van der Waals surface area contributed by atoms with Gasteiger partial charge in [-0.2, -0.15) is 0 Å². The summed E-state index contributed by atoms with van der Waals surface area (Å²) in [5.74, 6) is 2.71. The Morgan fingerprint density at radius 1 is 1.33 bits per heavy atom. The number of hydrogen-bond acceptors (Lipinski definition) is 5. The third kappa shape index (κ3) is 3.64. The molecule has 138 valence electrons. The summed E-state index contributed by atoms with van der Waals surface area (Å²) < 4.78 is 6.93. The maximum absolute atomic E-state index is 13.0. The first-order valence-corrected chi connectivity index (χ1v) is 9.44. The number of ether oxygens (including phenoxy) is 1. The molecule has 0 fully saturated rings. The van der Waals surface area contributed by atoms with E-state index in [2.05, 4.69) is 10.9 Å². The molecule has 5 nitrogen and oxygen atoms in total. The molecule has 2 heterocycles. The molecule has 0 aliphatic heterocycles. The van der Waals surface area contributed by atoms with Gasteiger partial charge < -0.3 is 4.74 Å². The van der Waals surface area contributed by atoms with Crippen LogP contribution in [0.4, 0.5) is 0 Å². The lowest BCUT2D eigenvalue weighted by Gasteiger charge is -2.12. The van der Waals surface area contributed by atoms with E-state index in [0.717, 1.165) is 5.56 Å². The van der Waals surface area contributed by atoms with Crippen LogP contribution in [-0.2, 0) is 17.9 Å². The van der Waals surface area contributed by atoms with Gasteiger partial charge in [0.25, 0.3) is 5.56 Å². The lowest BCUT2D eigenvalue weighted by Crippen LogP contribution is -2.25. The fourth-order valence-corrected chi connectivity index (χ4v) is 3.97. The number of aryl methyl sites for hydroxylation is 1. The minimum atomic E-state index is -0.451. The topological polar surface area (TPSA) is 61.2 Å². The first-order chi connectivity index (χ1) is 12.9. The number of carbonyl (C=O) groups excluding carboxylic acids is 1. The Balaban J connectivity index is 2.01. The predicted octanol–water partition coefficient (Wildman–Crippen LogP) is 3.88. The molecule has 3 rings (SSSR count). The van der Waals surface area contributed by atoms with Crippen LogP contribution in [-0.4, -0.2) is 15.5 Å². The van der Waals surface area contributed by atoms with Gasteiger partial charge in [-0.25, -0.2) is 9.78 Å². The van der Waals surface area contributed by atoms with Crippen molar-refractivity contribution < 1.29 is 9.53 Å². The van der Waals surface area contributed by atoms with E-state index in [1.807, 2.05) is 44.2 Å². The highest BCUT2D eigenvalue weighted by atomic mass is 32.1. The molecule has 0 aliphatic carbocycles. The summed E-state index contributed by atoms with van der Waals surface area (Å²) in [5.41, 5.74) is 1.28. The highest BCUT2D eigenvalue weighted by Crippen LogP contribution is 2.29. The third-order valence-electron chi connectivity index (χ3n) is 4.24. The molecular weight excluding hydrogens is 360 g/mol. The van der Waals surface area contributed by atoms with Crippen LogP contribution >= 0.6 is 11.3 Å². The smallest absolute Gasteiger partial charge is 0.349 e. The number of aromatic nitrogens is 2. The highest BCUT2D eigenvalue weighted by molar-refractivity contribution is 7.20. The van der Waals surface area contributed by atoms with Crippen LogP contribution in [0.3, 0.4) is 0 Å². The molecule has 2 aromatic heterocycles. The maximum Gasteiger partial charge on any atom is 0.349 e. The van der Waals surface area contributed by atoms with Crippen LogP contribution in [0.2, 0.25) is 0 Å². The number of esters is 1. The average molecular weight is 380 g/mol. The number of carbonyl (C=O) groups is 1. The van der Waals surface area contributed by atoms with Crippen LogP contribution in [0.25, 0.3) is 10.2 Å². The number of nitrogens with zero attached hydrogens (tertiary/aromatic N) is 2. The van der Waals surface area contributed by atoms with E-state index in [9.17, 15) is 9.59 Å². The van der Waals surface area contributed by atoms with Crippen LogP contribution in [0.5, 0.6) is 0 Å². The summed E-state index contributed by atoms with van der Waals surface area (Å²) in [7, 11) is 0. The molecule has 0 unspecified atom stereocenters. The van der Waals surface area contributed by atoms with E-state index < -0.39 is 5.97 Å². The van der Waals surface area contributed by atoms with Crippen molar-refractivity contribution >= 4 is 27.5 Å². The molecule has 6 heteroatoms. The number of terminal acetylenes is 1. The SMILES string of the molecule is C#CCn1c(C(C)C)nc2sc(C(=O)OCc3ccccc3)c(C)c2c1=O. The second-order valence-electron chi connectivity index (χ2n) is 6.52. The standard InChI is InChI=1S/C21H20N2O3S/c1-5-11-23-18(13(2)3)22-19-16(20(23)24)14(4)17(27-19)21(25)26-12-15-9-7-6-8-10-15/h1,6-10,13H,11-12H2,2-4H3. The Labute approximate surface area is 161 Å². The minimum Gasteiger partial charge on any atom is -0.457 e. The van der Waals surface area contributed by atoms with Gasteiger partial charge in [-0.1, -0.05) is 50.1 Å². The molecule has 0 atom stereocenters. The summed E-state index contributed by atoms with van der Waals surface area (Å²) >= 11 is 1.19. The van der Waals surface area contributed by atoms with E-state index in [1.54, 1.807) is 6.92 Å². The Morgan fingerprint density at radius 3 is 2.67 bits per heavy atom. The first-order valence-electron chi connectivity index (χ1n) is 8.62. The van der Waals surface area contributed by atoms with Crippen molar-refractivity contribution in [1.82, 2.24) is 9.55 Å². The number of fused-ring (bicyclic) bond motifs is 1. The van der Waals surface area contributed by atoms with Crippen LogP contribution < -0.4 is 5.56 Å². The zero-order valence-corrected chi connectivity index (χ0v) is 16.3. The minimum absolute atomic E-state index is 0.0336. The van der Waals surface area contributed by atoms with Gasteiger partial charge in [-0.15, -0.1) is 17.8 Å². The Bertz CT molecular complexity index is 1090. The van der Waals surface area contributed by atoms with Gasteiger partial charge in [-0.3, -0.25) is 9.36 Å². The highest BCUT2D eigenvalue weighted by Gasteiger charge is 2.23. The second kappa shape index (κ2) is 7.77. The van der Waals surface area contributed by atoms with E-state index >= 15 is 0 Å². The monoisotopic (exact) mass is 380 g/mol. The zero-order valence-electron chi connectivity index (χ0n) is 15.5. The largest absolute Gasteiger partial charge is 0.457 e. The van der Waals surface area contributed by atoms with Gasteiger partial charge in [0.2, 0.25) is 0 Å². The van der Waals surface area contributed by atoms with Crippen molar-refractivity contribution in [3.8, 4) is 12.3 Å². The van der Waals surface area contributed by atoms with Gasteiger partial charge in [0, 0.05) is 5.92 Å². The summed E-state index contributed by atoms with van der Waals surface area (Å²) in [6.07, 6.45) is 5.42. The number of rotatable bonds is 5. The number of thiophene rings is 1. The van der Waals surface area contributed by atoms with E-state index in [-0.39, 0.29) is 24.6 Å². The predicted molar refractivity (Wildman–Crippen MR) is 107 cm³/mol. The fourth-order valence-electron chi connectivity index (χ4n) is 2.90. The summed E-state index contributed by atoms with van der Waals surface area (Å²) in [4.78, 5) is 31.1. The molecule has 0 amide bonds. The normalized spacial score (nSPS) is 10.9. The molecule has 3 aromatic rings. The molecule has 0 bridgehead atoms. The van der Waals surface area contributed by atoms with E-state index in [4.69, 9.17) is 11.2 Å². The van der Waals surface area contributed by atoms with Crippen molar-refractivity contribution in [2.24, 2.45) is 0 Å². The lowest BCUT2D eigenvalue weighted by molar-refractivity contribution is 0.0478. The maximum atomic E-state index is 13.0. The van der Waals surface area contributed by atoms with Crippen molar-refractivity contribution in [3.63, 3.8) is 0 Å². The Morgan fingerprint density at radius 2 is 2.04 bits per heavy atom. The Kier molecular flexibility index (Phi) is 5.43. The molecule has 0 saturated heterocycles. The van der Waals surface area contributed by atoms with Crippen molar-refractivity contribution in [2.75, 3.05) is 0 Å². The zero-order chi connectivity index (χ0) is 19.6. The van der Waals surface area contributed by atoms with Crippen molar-refractivity contribution in [3.05, 3.63) is 62.5 Å². The molecule has 1 aromatic carbocycles. The number of hydrogen-bond donors (Lipinski definition) is 0. The average Bonchev–Trinajstić information content (AvgIpc) is 2.99. The van der Waals surface area contributed by atoms with Gasteiger partial charge in [0.15, 0.2) is 0 Å². The van der Waals surface area contributed by atoms with Crippen molar-refractivity contribution in [1.29, 1.82) is 0 Å². The van der Waals surface area contributed by atoms with Crippen LogP contribution in [0.15, 0.2) is 35.1 Å². The molecule has 0 saturated carbocycles. The summed E-state index contributed by atoms with van der Waals surface area (Å²) in [6, 6.07) is 9.46. The second-order valence-corrected chi connectivity index (χ2v) is 7.52. The molecule has 0 radical (unpaired) electrons. The molecule has 27 heavy (non-hydrogen) atoms. The van der Waals surface area contributed by atoms with Crippen molar-refractivity contribution in [2.45, 2.75) is 39.8 Å². The molecule has 0 N–H and O–H groups in total. The Hall–Kier alpha value is -2.91. The van der Waals surface area contributed by atoms with E-state index in [1.165, 1.54) is 15.9 Å². The summed E-state index contributed by atoms with van der Waals surface area (Å²) in [6.45, 7) is 5.99. The number of benzene rings is 1. The first kappa shape index (κ1) is 18.9.